The van der Waals surface area contributed by atoms with Gasteiger partial charge in [-0.3, -0.25) is 14.5 Å². The van der Waals surface area contributed by atoms with Gasteiger partial charge in [0.1, 0.15) is 6.04 Å². The van der Waals surface area contributed by atoms with Gasteiger partial charge in [-0.1, -0.05) is 6.07 Å². The van der Waals surface area contributed by atoms with Crippen molar-refractivity contribution in [3.63, 3.8) is 0 Å². The molecule has 29 heavy (non-hydrogen) atoms. The van der Waals surface area contributed by atoms with Gasteiger partial charge in [0.25, 0.3) is 0 Å². The van der Waals surface area contributed by atoms with E-state index in [4.69, 9.17) is 17.0 Å². The van der Waals surface area contributed by atoms with Crippen LogP contribution in [0.1, 0.15) is 26.8 Å². The molecule has 160 valence electrons. The van der Waals surface area contributed by atoms with Crippen molar-refractivity contribution in [1.29, 1.82) is 0 Å². The number of ether oxygens (including phenoxy) is 1. The molecular weight excluding hydrogens is 434 g/mol. The molecule has 1 fully saturated rings. The first-order valence-electron chi connectivity index (χ1n) is 9.31. The Morgan fingerprint density at radius 1 is 1.45 bits per heavy atom. The van der Waals surface area contributed by atoms with Gasteiger partial charge in [0, 0.05) is 19.6 Å². The van der Waals surface area contributed by atoms with Crippen molar-refractivity contribution in [3.05, 3.63) is 22.3 Å². The maximum atomic E-state index is 12.6. The highest BCUT2D eigenvalue weighted by molar-refractivity contribution is 7.89. The molecule has 0 radical (unpaired) electrons. The van der Waals surface area contributed by atoms with Crippen molar-refractivity contribution in [2.24, 2.45) is 0 Å². The molecule has 12 heteroatoms. The second-order valence-corrected chi connectivity index (χ2v) is 10.5. The number of nitrogens with zero attached hydrogens (tertiary/aromatic N) is 3. The van der Waals surface area contributed by atoms with Crippen LogP contribution in [0, 0.1) is 4.77 Å². The SMILES string of the molecule is CC1CN(S(=O)(=O)CCNC(=O)C(C)n2c(-c3cccs3)n[nH]c2=S)CC(C)O1. The van der Waals surface area contributed by atoms with Crippen molar-refractivity contribution in [2.75, 3.05) is 25.4 Å². The molecule has 3 rings (SSSR count). The van der Waals surface area contributed by atoms with Crippen LogP contribution in [0.15, 0.2) is 17.5 Å². The summed E-state index contributed by atoms with van der Waals surface area (Å²) in [5.74, 6) is 0.0928. The Labute approximate surface area is 179 Å². The van der Waals surface area contributed by atoms with E-state index in [1.54, 1.807) is 11.5 Å². The van der Waals surface area contributed by atoms with Crippen molar-refractivity contribution in [2.45, 2.75) is 39.0 Å². The standard InChI is InChI=1S/C17H25N5O4S3/c1-11-9-21(10-12(2)26-11)29(24,25)8-6-18-16(23)13(3)22-15(19-20-17(22)27)14-5-4-7-28-14/h4-5,7,11-13H,6,8-10H2,1-3H3,(H,18,23)(H,20,27). The maximum absolute atomic E-state index is 12.6. The summed E-state index contributed by atoms with van der Waals surface area (Å²) in [7, 11) is -3.48. The zero-order valence-corrected chi connectivity index (χ0v) is 18.9. The fourth-order valence-electron chi connectivity index (χ4n) is 3.30. The zero-order valence-electron chi connectivity index (χ0n) is 16.5. The Balaban J connectivity index is 1.62. The summed E-state index contributed by atoms with van der Waals surface area (Å²) in [5.41, 5.74) is 0. The van der Waals surface area contributed by atoms with E-state index < -0.39 is 16.1 Å². The minimum absolute atomic E-state index is 0.0190. The number of nitrogens with one attached hydrogen (secondary N) is 2. The number of carbonyl (C=O) groups excluding carboxylic acids is 1. The number of aromatic amines is 1. The van der Waals surface area contributed by atoms with Crippen LogP contribution in [0.3, 0.4) is 0 Å². The lowest BCUT2D eigenvalue weighted by molar-refractivity contribution is -0.123. The lowest BCUT2D eigenvalue weighted by atomic mass is 10.3. The Kier molecular flexibility index (Phi) is 6.89. The number of aromatic nitrogens is 3. The number of carbonyl (C=O) groups is 1. The van der Waals surface area contributed by atoms with E-state index in [1.807, 2.05) is 31.4 Å². The molecule has 3 atom stereocenters. The topological polar surface area (TPSA) is 109 Å². The van der Waals surface area contributed by atoms with E-state index >= 15 is 0 Å². The van der Waals surface area contributed by atoms with E-state index in [-0.39, 0.29) is 30.4 Å². The second kappa shape index (κ2) is 9.04. The summed E-state index contributed by atoms with van der Waals surface area (Å²) in [5, 5.41) is 11.6. The number of H-pyrrole nitrogens is 1. The Morgan fingerprint density at radius 3 is 2.76 bits per heavy atom. The molecule has 0 saturated carbocycles. The van der Waals surface area contributed by atoms with Crippen LogP contribution in [0.5, 0.6) is 0 Å². The summed E-state index contributed by atoms with van der Waals surface area (Å²) in [6.07, 6.45) is -0.302. The lowest BCUT2D eigenvalue weighted by Crippen LogP contribution is -2.49. The second-order valence-electron chi connectivity index (χ2n) is 7.06. The summed E-state index contributed by atoms with van der Waals surface area (Å²) in [4.78, 5) is 13.5. The molecule has 1 saturated heterocycles. The van der Waals surface area contributed by atoms with Crippen molar-refractivity contribution >= 4 is 39.5 Å². The van der Waals surface area contributed by atoms with E-state index in [2.05, 4.69) is 15.5 Å². The maximum Gasteiger partial charge on any atom is 0.242 e. The van der Waals surface area contributed by atoms with E-state index in [0.717, 1.165) is 4.88 Å². The fourth-order valence-corrected chi connectivity index (χ4v) is 5.79. The number of morpholine rings is 1. The Morgan fingerprint density at radius 2 is 2.14 bits per heavy atom. The molecule has 3 unspecified atom stereocenters. The minimum atomic E-state index is -3.48. The van der Waals surface area contributed by atoms with Crippen LogP contribution < -0.4 is 5.32 Å². The van der Waals surface area contributed by atoms with E-state index in [0.29, 0.717) is 23.7 Å². The van der Waals surface area contributed by atoms with Crippen LogP contribution in [-0.2, 0) is 19.6 Å². The number of rotatable bonds is 7. The Bertz CT molecular complexity index is 989. The molecule has 9 nitrogen and oxygen atoms in total. The molecule has 1 amide bonds. The molecular formula is C17H25N5O4S3. The number of hydrogen-bond donors (Lipinski definition) is 2. The number of sulfonamides is 1. The van der Waals surface area contributed by atoms with Gasteiger partial charge in [-0.15, -0.1) is 11.3 Å². The third-order valence-electron chi connectivity index (χ3n) is 4.65. The van der Waals surface area contributed by atoms with Crippen LogP contribution in [0.2, 0.25) is 0 Å². The predicted octanol–water partition coefficient (Wildman–Crippen LogP) is 1.79. The van der Waals surface area contributed by atoms with Gasteiger partial charge in [0.05, 0.1) is 22.8 Å². The highest BCUT2D eigenvalue weighted by Crippen LogP contribution is 2.25. The largest absolute Gasteiger partial charge is 0.373 e. The Hall–Kier alpha value is -1.60. The molecule has 0 spiro atoms. The summed E-state index contributed by atoms with van der Waals surface area (Å²) in [6.45, 7) is 6.07. The average Bonchev–Trinajstić information content (AvgIpc) is 3.29. The molecule has 1 aliphatic heterocycles. The average molecular weight is 460 g/mol. The molecule has 3 heterocycles. The van der Waals surface area contributed by atoms with Crippen molar-refractivity contribution < 1.29 is 17.9 Å². The van der Waals surface area contributed by atoms with Crippen LogP contribution in [-0.4, -0.2) is 71.0 Å². The number of hydrogen-bond acceptors (Lipinski definition) is 7. The molecule has 2 N–H and O–H groups in total. The normalized spacial score (nSPS) is 21.8. The molecule has 2 aromatic rings. The molecule has 2 aromatic heterocycles. The van der Waals surface area contributed by atoms with Gasteiger partial charge in [-0.2, -0.15) is 9.40 Å². The highest BCUT2D eigenvalue weighted by atomic mass is 32.2. The lowest BCUT2D eigenvalue weighted by Gasteiger charge is -2.34. The first kappa shape index (κ1) is 22.1. The minimum Gasteiger partial charge on any atom is -0.373 e. The van der Waals surface area contributed by atoms with Crippen LogP contribution in [0.25, 0.3) is 10.7 Å². The molecule has 0 aromatic carbocycles. The van der Waals surface area contributed by atoms with Crippen LogP contribution >= 0.6 is 23.6 Å². The third kappa shape index (κ3) is 5.12. The van der Waals surface area contributed by atoms with Crippen molar-refractivity contribution in [3.8, 4) is 10.7 Å². The zero-order chi connectivity index (χ0) is 21.2. The highest BCUT2D eigenvalue weighted by Gasteiger charge is 2.31. The predicted molar refractivity (Wildman–Crippen MR) is 114 cm³/mol. The summed E-state index contributed by atoms with van der Waals surface area (Å²) in [6, 6.07) is 3.16. The summed E-state index contributed by atoms with van der Waals surface area (Å²) >= 11 is 6.77. The molecule has 0 aliphatic carbocycles. The van der Waals surface area contributed by atoms with Gasteiger partial charge >= 0.3 is 0 Å². The quantitative estimate of drug-likeness (QED) is 0.611. The smallest absolute Gasteiger partial charge is 0.242 e. The fraction of sp³-hybridized carbons (Fsp3) is 0.588. The molecule has 1 aliphatic rings. The van der Waals surface area contributed by atoms with Crippen molar-refractivity contribution in [1.82, 2.24) is 24.4 Å². The van der Waals surface area contributed by atoms with Gasteiger partial charge in [0.2, 0.25) is 15.9 Å². The van der Waals surface area contributed by atoms with E-state index in [1.165, 1.54) is 15.6 Å². The van der Waals surface area contributed by atoms with Crippen LogP contribution in [0.4, 0.5) is 0 Å². The first-order valence-corrected chi connectivity index (χ1v) is 12.2. The monoisotopic (exact) mass is 459 g/mol. The third-order valence-corrected chi connectivity index (χ3v) is 7.61. The number of thiophene rings is 1. The first-order chi connectivity index (χ1) is 13.7. The van der Waals surface area contributed by atoms with Gasteiger partial charge in [-0.25, -0.2) is 8.42 Å². The van der Waals surface area contributed by atoms with E-state index in [9.17, 15) is 13.2 Å². The summed E-state index contributed by atoms with van der Waals surface area (Å²) < 4.78 is 34.2. The van der Waals surface area contributed by atoms with Gasteiger partial charge in [0.15, 0.2) is 10.6 Å². The number of amides is 1. The van der Waals surface area contributed by atoms with Gasteiger partial charge in [-0.05, 0) is 44.4 Å². The van der Waals surface area contributed by atoms with Gasteiger partial charge < -0.3 is 10.1 Å². The molecule has 0 bridgehead atoms.